The largest absolute Gasteiger partial charge is 0.444 e. The third-order valence-corrected chi connectivity index (χ3v) is 9.17. The third kappa shape index (κ3) is 5.03. The first-order valence-electron chi connectivity index (χ1n) is 15.5. The van der Waals surface area contributed by atoms with Crippen LogP contribution in [-0.2, 0) is 23.6 Å². The smallest absolute Gasteiger partial charge is 0.278 e. The highest BCUT2D eigenvalue weighted by molar-refractivity contribution is 5.75. The lowest BCUT2D eigenvalue weighted by atomic mass is 9.88. The van der Waals surface area contributed by atoms with Crippen molar-refractivity contribution in [1.29, 1.82) is 5.26 Å². The van der Waals surface area contributed by atoms with Gasteiger partial charge in [-0.25, -0.2) is 14.4 Å². The summed E-state index contributed by atoms with van der Waals surface area (Å²) in [5.41, 5.74) is 3.64. The fraction of sp³-hybridized carbons (Fsp3) is 0.394. The molecule has 3 aliphatic heterocycles. The lowest BCUT2D eigenvalue weighted by molar-refractivity contribution is -0.0712. The van der Waals surface area contributed by atoms with Gasteiger partial charge in [-0.05, 0) is 75.5 Å². The number of halogens is 1. The van der Waals surface area contributed by atoms with Gasteiger partial charge in [-0.1, -0.05) is 12.1 Å². The van der Waals surface area contributed by atoms with E-state index in [1.54, 1.807) is 19.1 Å². The van der Waals surface area contributed by atoms with Gasteiger partial charge < -0.3 is 18.8 Å². The molecule has 0 spiro atoms. The van der Waals surface area contributed by atoms with E-state index < -0.39 is 11.6 Å². The summed E-state index contributed by atoms with van der Waals surface area (Å²) in [6.45, 7) is 7.43. The van der Waals surface area contributed by atoms with E-state index in [2.05, 4.69) is 40.9 Å². The Labute approximate surface area is 264 Å². The number of aromatic nitrogens is 7. The monoisotopic (exact) mass is 621 g/mol. The molecule has 0 bridgehead atoms. The number of para-hydroxylation sites is 1. The van der Waals surface area contributed by atoms with Gasteiger partial charge in [0.1, 0.15) is 28.7 Å². The highest BCUT2D eigenvalue weighted by Gasteiger charge is 2.43. The van der Waals surface area contributed by atoms with Gasteiger partial charge >= 0.3 is 0 Å². The normalized spacial score (nSPS) is 21.4. The zero-order chi connectivity index (χ0) is 31.4. The first-order chi connectivity index (χ1) is 22.4. The maximum Gasteiger partial charge on any atom is 0.278 e. The number of nitrogens with zero attached hydrogens (tertiary/aromatic N) is 8. The molecule has 8 rings (SSSR count). The molecular weight excluding hydrogens is 589 g/mol. The van der Waals surface area contributed by atoms with Crippen molar-refractivity contribution in [2.24, 2.45) is 0 Å². The molecule has 13 heteroatoms. The minimum atomic E-state index is -1.32. The van der Waals surface area contributed by atoms with Crippen LogP contribution in [0.3, 0.4) is 0 Å². The van der Waals surface area contributed by atoms with E-state index in [0.717, 1.165) is 61.5 Å². The number of H-pyrrole nitrogens is 1. The van der Waals surface area contributed by atoms with Crippen molar-refractivity contribution in [2.45, 2.75) is 64.0 Å². The molecule has 1 N–H and O–H groups in total. The van der Waals surface area contributed by atoms with Gasteiger partial charge in [-0.2, -0.15) is 10.4 Å². The number of fused-ring (bicyclic) bond motifs is 2. The second-order valence-electron chi connectivity index (χ2n) is 12.3. The predicted molar refractivity (Wildman–Crippen MR) is 163 cm³/mol. The Balaban J connectivity index is 0.997. The predicted octanol–water partition coefficient (Wildman–Crippen LogP) is 4.74. The first-order valence-corrected chi connectivity index (χ1v) is 15.5. The standard InChI is InChI=1S/C33H32FN9O3/c1-19-36-31(40-38-19)26-15-27-32(41-39-26)43(17-22-10-13-44-22)29(37-27)18-42-11-8-21(9-12-42)23-4-3-5-28-30(23)46-33(2,45-28)24-7-6-20(16-35)14-25(24)34/h3-7,14-15,21-22H,8-13,17-18H2,1-2H3,(H,36,38,40). The number of hydrogen-bond donors (Lipinski definition) is 1. The Morgan fingerprint density at radius 3 is 2.65 bits per heavy atom. The molecule has 0 saturated carbocycles. The van der Waals surface area contributed by atoms with E-state index in [1.807, 2.05) is 31.2 Å². The number of aromatic amines is 1. The van der Waals surface area contributed by atoms with Crippen LogP contribution in [0.25, 0.3) is 22.7 Å². The minimum absolute atomic E-state index is 0.143. The Morgan fingerprint density at radius 2 is 1.93 bits per heavy atom. The number of rotatable bonds is 7. The van der Waals surface area contributed by atoms with Gasteiger partial charge in [0.2, 0.25) is 5.82 Å². The van der Waals surface area contributed by atoms with Gasteiger partial charge in [0.25, 0.3) is 5.79 Å². The maximum absolute atomic E-state index is 15.0. The van der Waals surface area contributed by atoms with Crippen molar-refractivity contribution in [1.82, 2.24) is 39.8 Å². The van der Waals surface area contributed by atoms with E-state index in [1.165, 1.54) is 6.07 Å². The highest BCUT2D eigenvalue weighted by atomic mass is 19.1. The summed E-state index contributed by atoms with van der Waals surface area (Å²) < 4.78 is 35.5. The molecule has 46 heavy (non-hydrogen) atoms. The summed E-state index contributed by atoms with van der Waals surface area (Å²) in [4.78, 5) is 11.8. The number of aryl methyl sites for hydroxylation is 1. The van der Waals surface area contributed by atoms with Gasteiger partial charge in [0.15, 0.2) is 17.1 Å². The van der Waals surface area contributed by atoms with Crippen molar-refractivity contribution >= 4 is 11.2 Å². The number of piperidine rings is 1. The molecule has 3 aliphatic rings. The second kappa shape index (κ2) is 11.1. The fourth-order valence-electron chi connectivity index (χ4n) is 6.62. The van der Waals surface area contributed by atoms with E-state index in [9.17, 15) is 4.39 Å². The van der Waals surface area contributed by atoms with Crippen LogP contribution in [0.5, 0.6) is 11.5 Å². The molecule has 2 aromatic carbocycles. The number of nitriles is 1. The first kappa shape index (κ1) is 28.5. The van der Waals surface area contributed by atoms with Crippen molar-refractivity contribution in [3.05, 3.63) is 76.6 Å². The number of hydrogen-bond acceptors (Lipinski definition) is 10. The molecule has 5 aromatic rings. The average Bonchev–Trinajstić information content (AvgIpc) is 3.73. The summed E-state index contributed by atoms with van der Waals surface area (Å²) in [6, 6.07) is 14.1. The van der Waals surface area contributed by atoms with Crippen LogP contribution in [0.15, 0.2) is 42.5 Å². The molecule has 0 radical (unpaired) electrons. The van der Waals surface area contributed by atoms with Gasteiger partial charge in [0, 0.05) is 19.1 Å². The van der Waals surface area contributed by atoms with Crippen LogP contribution in [0.4, 0.5) is 4.39 Å². The number of imidazole rings is 1. The molecule has 2 fully saturated rings. The van der Waals surface area contributed by atoms with Crippen LogP contribution in [0.2, 0.25) is 0 Å². The maximum atomic E-state index is 15.0. The summed E-state index contributed by atoms with van der Waals surface area (Å²) in [5, 5.41) is 25.2. The van der Waals surface area contributed by atoms with Gasteiger partial charge in [-0.15, -0.1) is 10.2 Å². The van der Waals surface area contributed by atoms with Crippen molar-refractivity contribution in [2.75, 3.05) is 19.7 Å². The molecule has 2 atom stereocenters. The molecule has 0 aliphatic carbocycles. The molecule has 234 valence electrons. The molecule has 2 unspecified atom stereocenters. The number of ether oxygens (including phenoxy) is 3. The Morgan fingerprint density at radius 1 is 1.09 bits per heavy atom. The van der Waals surface area contributed by atoms with Crippen LogP contribution in [0.1, 0.15) is 60.4 Å². The van der Waals surface area contributed by atoms with Crippen molar-refractivity contribution < 1.29 is 18.6 Å². The quantitative estimate of drug-likeness (QED) is 0.271. The fourth-order valence-corrected chi connectivity index (χ4v) is 6.62. The zero-order valence-electron chi connectivity index (χ0n) is 25.5. The number of likely N-dealkylation sites (tertiary alicyclic amines) is 1. The van der Waals surface area contributed by atoms with Crippen molar-refractivity contribution in [3.63, 3.8) is 0 Å². The van der Waals surface area contributed by atoms with Crippen LogP contribution < -0.4 is 9.47 Å². The highest BCUT2D eigenvalue weighted by Crippen LogP contribution is 2.49. The summed E-state index contributed by atoms with van der Waals surface area (Å²) in [5.74, 6) is 1.79. The Kier molecular flexibility index (Phi) is 6.92. The molecule has 0 amide bonds. The third-order valence-electron chi connectivity index (χ3n) is 9.17. The lowest BCUT2D eigenvalue weighted by Gasteiger charge is -2.33. The second-order valence-corrected chi connectivity index (χ2v) is 12.3. The average molecular weight is 622 g/mol. The van der Waals surface area contributed by atoms with Crippen LogP contribution in [0, 0.1) is 24.1 Å². The van der Waals surface area contributed by atoms with Gasteiger partial charge in [0.05, 0.1) is 36.4 Å². The Bertz CT molecular complexity index is 1990. The van der Waals surface area contributed by atoms with E-state index in [-0.39, 0.29) is 23.1 Å². The van der Waals surface area contributed by atoms with Crippen LogP contribution >= 0.6 is 0 Å². The molecule has 2 saturated heterocycles. The van der Waals surface area contributed by atoms with E-state index in [4.69, 9.17) is 24.5 Å². The number of benzene rings is 2. The Hall–Kier alpha value is -4.93. The lowest BCUT2D eigenvalue weighted by Crippen LogP contribution is -2.35. The zero-order valence-corrected chi connectivity index (χ0v) is 25.5. The van der Waals surface area contributed by atoms with Crippen molar-refractivity contribution in [3.8, 4) is 29.1 Å². The molecule has 12 nitrogen and oxygen atoms in total. The summed E-state index contributed by atoms with van der Waals surface area (Å²) in [7, 11) is 0. The van der Waals surface area contributed by atoms with E-state index >= 15 is 0 Å². The minimum Gasteiger partial charge on any atom is -0.444 e. The van der Waals surface area contributed by atoms with E-state index in [0.29, 0.717) is 41.9 Å². The SMILES string of the molecule is Cc1nc(-c2cc3nc(CN4CCC(c5cccc6c5OC(C)(c5ccc(C#N)cc5F)O6)CC4)n(CC4CCO4)c3nn2)n[nH]1. The molecule has 6 heterocycles. The molecular formula is C33H32FN9O3. The summed E-state index contributed by atoms with van der Waals surface area (Å²) in [6.07, 6.45) is 2.99. The molecule has 3 aromatic heterocycles. The number of nitrogens with one attached hydrogen (secondary N) is 1. The topological polar surface area (TPSA) is 140 Å². The van der Waals surface area contributed by atoms with Gasteiger partial charge in [-0.3, -0.25) is 10.00 Å². The summed E-state index contributed by atoms with van der Waals surface area (Å²) >= 11 is 0. The van der Waals surface area contributed by atoms with Crippen LogP contribution in [-0.4, -0.2) is 65.6 Å².